The number of phenolic OH excluding ortho intramolecular Hbond substituents is 1. The van der Waals surface area contributed by atoms with Crippen LogP contribution in [0.4, 0.5) is 0 Å². The molecule has 80 valence electrons. The second kappa shape index (κ2) is 3.39. The Kier molecular flexibility index (Phi) is 2.01. The lowest BCUT2D eigenvalue weighted by atomic mass is 10.1. The van der Waals surface area contributed by atoms with Crippen molar-refractivity contribution in [1.29, 1.82) is 0 Å². The van der Waals surface area contributed by atoms with Gasteiger partial charge < -0.3 is 9.84 Å². The van der Waals surface area contributed by atoms with E-state index in [4.69, 9.17) is 4.74 Å². The first-order valence-corrected chi connectivity index (χ1v) is 5.79. The number of thiophene rings is 1. The zero-order chi connectivity index (χ0) is 11.1. The summed E-state index contributed by atoms with van der Waals surface area (Å²) in [5, 5.41) is 12.0. The quantitative estimate of drug-likeness (QED) is 0.689. The highest BCUT2D eigenvalue weighted by Gasteiger charge is 2.08. The average Bonchev–Trinajstić information content (AvgIpc) is 2.68. The molecular weight excluding hydrogens is 220 g/mol. The standard InChI is InChI=1S/C13H10O2S/c1-15-8-5-6-12-10(7-8)9-3-2-4-11(14)13(9)16-12/h2-7,14H,1H3. The van der Waals surface area contributed by atoms with Crippen LogP contribution in [-0.2, 0) is 0 Å². The number of hydrogen-bond donors (Lipinski definition) is 1. The van der Waals surface area contributed by atoms with Gasteiger partial charge in [-0.2, -0.15) is 0 Å². The molecule has 1 N–H and O–H groups in total. The molecule has 2 aromatic carbocycles. The molecule has 1 heterocycles. The van der Waals surface area contributed by atoms with E-state index < -0.39 is 0 Å². The topological polar surface area (TPSA) is 29.5 Å². The lowest BCUT2D eigenvalue weighted by Gasteiger charge is -1.98. The molecule has 3 rings (SSSR count). The minimum atomic E-state index is 0.345. The van der Waals surface area contributed by atoms with E-state index in [9.17, 15) is 5.11 Å². The molecule has 0 atom stereocenters. The molecule has 0 saturated carbocycles. The van der Waals surface area contributed by atoms with Crippen LogP contribution in [0.1, 0.15) is 0 Å². The van der Waals surface area contributed by atoms with E-state index in [1.165, 1.54) is 0 Å². The molecule has 0 aliphatic carbocycles. The molecule has 2 nitrogen and oxygen atoms in total. The van der Waals surface area contributed by atoms with Crippen LogP contribution in [0.25, 0.3) is 20.2 Å². The summed E-state index contributed by atoms with van der Waals surface area (Å²) in [6, 6.07) is 11.6. The number of rotatable bonds is 1. The predicted molar refractivity (Wildman–Crippen MR) is 67.5 cm³/mol. The molecule has 0 saturated heterocycles. The normalized spacial score (nSPS) is 11.1. The maximum atomic E-state index is 9.78. The number of phenols is 1. The number of fused-ring (bicyclic) bond motifs is 3. The van der Waals surface area contributed by atoms with E-state index in [0.717, 1.165) is 25.9 Å². The number of hydrogen-bond acceptors (Lipinski definition) is 3. The Bertz CT molecular complexity index is 670. The highest BCUT2D eigenvalue weighted by atomic mass is 32.1. The number of methoxy groups -OCH3 is 1. The Balaban J connectivity index is 2.47. The van der Waals surface area contributed by atoms with Crippen LogP contribution in [-0.4, -0.2) is 12.2 Å². The second-order valence-electron chi connectivity index (χ2n) is 3.62. The summed E-state index contributed by atoms with van der Waals surface area (Å²) in [4.78, 5) is 0. The summed E-state index contributed by atoms with van der Waals surface area (Å²) in [7, 11) is 1.66. The van der Waals surface area contributed by atoms with Crippen molar-refractivity contribution in [3.05, 3.63) is 36.4 Å². The molecule has 16 heavy (non-hydrogen) atoms. The van der Waals surface area contributed by atoms with E-state index in [1.807, 2.05) is 30.3 Å². The smallest absolute Gasteiger partial charge is 0.133 e. The molecule has 1 aromatic heterocycles. The Morgan fingerprint density at radius 1 is 1.12 bits per heavy atom. The fraction of sp³-hybridized carbons (Fsp3) is 0.0769. The fourth-order valence-corrected chi connectivity index (χ4v) is 2.99. The molecular formula is C13H10O2S. The van der Waals surface area contributed by atoms with E-state index in [0.29, 0.717) is 5.75 Å². The van der Waals surface area contributed by atoms with Crippen molar-refractivity contribution in [1.82, 2.24) is 0 Å². The Morgan fingerprint density at radius 2 is 2.00 bits per heavy atom. The number of benzene rings is 2. The maximum absolute atomic E-state index is 9.78. The zero-order valence-corrected chi connectivity index (χ0v) is 9.54. The number of aromatic hydroxyl groups is 1. The van der Waals surface area contributed by atoms with Crippen LogP contribution in [0.2, 0.25) is 0 Å². The molecule has 0 fully saturated rings. The first-order valence-electron chi connectivity index (χ1n) is 4.98. The lowest BCUT2D eigenvalue weighted by Crippen LogP contribution is -1.80. The van der Waals surface area contributed by atoms with Crippen molar-refractivity contribution < 1.29 is 9.84 Å². The highest BCUT2D eigenvalue weighted by molar-refractivity contribution is 7.26. The largest absolute Gasteiger partial charge is 0.506 e. The zero-order valence-electron chi connectivity index (χ0n) is 8.73. The Hall–Kier alpha value is -1.74. The first kappa shape index (κ1) is 9.48. The van der Waals surface area contributed by atoms with Crippen molar-refractivity contribution in [2.45, 2.75) is 0 Å². The fourth-order valence-electron chi connectivity index (χ4n) is 1.89. The predicted octanol–water partition coefficient (Wildman–Crippen LogP) is 3.77. The van der Waals surface area contributed by atoms with Gasteiger partial charge in [-0.3, -0.25) is 0 Å². The summed E-state index contributed by atoms with van der Waals surface area (Å²) >= 11 is 1.60. The van der Waals surface area contributed by atoms with Crippen LogP contribution in [0.3, 0.4) is 0 Å². The molecule has 3 aromatic rings. The highest BCUT2D eigenvalue weighted by Crippen LogP contribution is 2.39. The minimum absolute atomic E-state index is 0.345. The number of ether oxygens (including phenoxy) is 1. The van der Waals surface area contributed by atoms with Gasteiger partial charge in [-0.1, -0.05) is 12.1 Å². The van der Waals surface area contributed by atoms with Gasteiger partial charge >= 0.3 is 0 Å². The van der Waals surface area contributed by atoms with Crippen LogP contribution in [0.5, 0.6) is 11.5 Å². The van der Waals surface area contributed by atoms with Crippen LogP contribution in [0.15, 0.2) is 36.4 Å². The van der Waals surface area contributed by atoms with Crippen molar-refractivity contribution >= 4 is 31.5 Å². The SMILES string of the molecule is COc1ccc2sc3c(O)cccc3c2c1. The third-order valence-electron chi connectivity index (χ3n) is 2.68. The van der Waals surface area contributed by atoms with Gasteiger partial charge in [0.15, 0.2) is 0 Å². The monoisotopic (exact) mass is 230 g/mol. The maximum Gasteiger partial charge on any atom is 0.133 e. The molecule has 0 aliphatic heterocycles. The van der Waals surface area contributed by atoms with Gasteiger partial charge in [-0.25, -0.2) is 0 Å². The average molecular weight is 230 g/mol. The molecule has 0 aliphatic rings. The molecule has 0 amide bonds. The first-order chi connectivity index (χ1) is 7.79. The Labute approximate surface area is 96.7 Å². The summed E-state index contributed by atoms with van der Waals surface area (Å²) < 4.78 is 7.31. The lowest BCUT2D eigenvalue weighted by molar-refractivity contribution is 0.415. The van der Waals surface area contributed by atoms with Crippen LogP contribution < -0.4 is 4.74 Å². The van der Waals surface area contributed by atoms with Gasteiger partial charge in [0.05, 0.1) is 11.8 Å². The third-order valence-corrected chi connectivity index (χ3v) is 3.89. The van der Waals surface area contributed by atoms with Crippen molar-refractivity contribution in [3.8, 4) is 11.5 Å². The molecule has 3 heteroatoms. The van der Waals surface area contributed by atoms with E-state index >= 15 is 0 Å². The van der Waals surface area contributed by atoms with Gasteiger partial charge in [-0.15, -0.1) is 11.3 Å². The van der Waals surface area contributed by atoms with Crippen molar-refractivity contribution in [2.75, 3.05) is 7.11 Å². The third kappa shape index (κ3) is 1.25. The van der Waals surface area contributed by atoms with Crippen molar-refractivity contribution in [3.63, 3.8) is 0 Å². The van der Waals surface area contributed by atoms with E-state index in [-0.39, 0.29) is 0 Å². The van der Waals surface area contributed by atoms with Crippen molar-refractivity contribution in [2.24, 2.45) is 0 Å². The molecule has 0 bridgehead atoms. The minimum Gasteiger partial charge on any atom is -0.506 e. The Morgan fingerprint density at radius 3 is 2.81 bits per heavy atom. The molecule has 0 unspecified atom stereocenters. The van der Waals surface area contributed by atoms with Gasteiger partial charge in [0.25, 0.3) is 0 Å². The van der Waals surface area contributed by atoms with Gasteiger partial charge in [0, 0.05) is 15.5 Å². The molecule has 0 spiro atoms. The van der Waals surface area contributed by atoms with Gasteiger partial charge in [-0.05, 0) is 24.3 Å². The summed E-state index contributed by atoms with van der Waals surface area (Å²) in [5.74, 6) is 1.19. The van der Waals surface area contributed by atoms with E-state index in [2.05, 4.69) is 0 Å². The van der Waals surface area contributed by atoms with Gasteiger partial charge in [0.2, 0.25) is 0 Å². The summed E-state index contributed by atoms with van der Waals surface area (Å²) in [6.07, 6.45) is 0. The van der Waals surface area contributed by atoms with Crippen LogP contribution in [0, 0.1) is 0 Å². The van der Waals surface area contributed by atoms with E-state index in [1.54, 1.807) is 24.5 Å². The summed E-state index contributed by atoms with van der Waals surface area (Å²) in [5.41, 5.74) is 0. The summed E-state index contributed by atoms with van der Waals surface area (Å²) in [6.45, 7) is 0. The van der Waals surface area contributed by atoms with Gasteiger partial charge in [0.1, 0.15) is 11.5 Å². The second-order valence-corrected chi connectivity index (χ2v) is 4.67. The van der Waals surface area contributed by atoms with Crippen LogP contribution >= 0.6 is 11.3 Å². The molecule has 0 radical (unpaired) electrons.